The summed E-state index contributed by atoms with van der Waals surface area (Å²) in [4.78, 5) is 10.1. The lowest BCUT2D eigenvalue weighted by Gasteiger charge is -2.12. The van der Waals surface area contributed by atoms with E-state index in [1.165, 1.54) is 11.8 Å². The molecule has 0 amide bonds. The van der Waals surface area contributed by atoms with Crippen molar-refractivity contribution in [1.82, 2.24) is 0 Å². The van der Waals surface area contributed by atoms with Gasteiger partial charge >= 0.3 is 5.97 Å². The van der Waals surface area contributed by atoms with E-state index in [9.17, 15) is 4.79 Å². The second-order valence-electron chi connectivity index (χ2n) is 2.68. The van der Waals surface area contributed by atoms with Crippen LogP contribution in [0.1, 0.15) is 13.3 Å². The summed E-state index contributed by atoms with van der Waals surface area (Å²) in [6.07, 6.45) is 1.92. The van der Waals surface area contributed by atoms with Crippen LogP contribution in [0.3, 0.4) is 0 Å². The molecule has 0 aliphatic carbocycles. The average Bonchev–Trinajstić information content (AvgIpc) is 2.17. The normalized spacial score (nSPS) is 13.8. The monoisotopic (exact) mass is 224 g/mol. The summed E-state index contributed by atoms with van der Waals surface area (Å²) in [6.45, 7) is 2.88. The number of carboxylic acid groups (broad SMARTS) is 1. The number of rotatable bonds is 5. The van der Waals surface area contributed by atoms with Gasteiger partial charge in [0.25, 0.3) is 0 Å². The van der Waals surface area contributed by atoms with Crippen LogP contribution in [-0.4, -0.2) is 46.9 Å². The van der Waals surface area contributed by atoms with Crippen molar-refractivity contribution in [3.05, 3.63) is 0 Å². The van der Waals surface area contributed by atoms with Gasteiger partial charge in [0.1, 0.15) is 6.04 Å². The molecule has 0 radical (unpaired) electrons. The predicted octanol–water partition coefficient (Wildman–Crippen LogP) is -0.523. The summed E-state index contributed by atoms with van der Waals surface area (Å²) >= 11 is 1.36. The van der Waals surface area contributed by atoms with Crippen LogP contribution < -0.4 is 11.5 Å². The minimum atomic E-state index is -1.17. The number of thioether (sulfide) groups is 1. The third-order valence-corrected chi connectivity index (χ3v) is 2.00. The summed E-state index contributed by atoms with van der Waals surface area (Å²) in [5, 5.41) is 17.2. The topological polar surface area (TPSA) is 110 Å². The molecule has 6 N–H and O–H groups in total. The van der Waals surface area contributed by atoms with Gasteiger partial charge in [-0.05, 0) is 19.2 Å². The Morgan fingerprint density at radius 3 is 2.21 bits per heavy atom. The van der Waals surface area contributed by atoms with Crippen molar-refractivity contribution in [2.75, 3.05) is 18.6 Å². The molecule has 5 nitrogen and oxygen atoms in total. The SMILES string of the molecule is CCCN.CSCC(O)[C@H](N)C(=O)O. The molecule has 0 bridgehead atoms. The van der Waals surface area contributed by atoms with Crippen LogP contribution in [-0.2, 0) is 4.79 Å². The smallest absolute Gasteiger partial charge is 0.323 e. The first-order chi connectivity index (χ1) is 6.51. The van der Waals surface area contributed by atoms with E-state index in [0.717, 1.165) is 13.0 Å². The van der Waals surface area contributed by atoms with Crippen molar-refractivity contribution in [3.8, 4) is 0 Å². The second kappa shape index (κ2) is 10.8. The van der Waals surface area contributed by atoms with Crippen LogP contribution >= 0.6 is 11.8 Å². The molecule has 0 aliphatic rings. The lowest BCUT2D eigenvalue weighted by Crippen LogP contribution is -2.43. The van der Waals surface area contributed by atoms with E-state index in [4.69, 9.17) is 21.7 Å². The van der Waals surface area contributed by atoms with E-state index < -0.39 is 18.1 Å². The Bertz CT molecular complexity index is 145. The maximum absolute atomic E-state index is 10.1. The number of carbonyl (C=O) groups is 1. The number of aliphatic carboxylic acids is 1. The first-order valence-corrected chi connectivity index (χ1v) is 5.76. The van der Waals surface area contributed by atoms with Crippen LogP contribution in [0.2, 0.25) is 0 Å². The number of aliphatic hydroxyl groups is 1. The number of hydrogen-bond acceptors (Lipinski definition) is 5. The van der Waals surface area contributed by atoms with Gasteiger partial charge in [0.05, 0.1) is 6.10 Å². The van der Waals surface area contributed by atoms with Gasteiger partial charge in [-0.1, -0.05) is 6.92 Å². The van der Waals surface area contributed by atoms with E-state index in [2.05, 4.69) is 6.92 Å². The molecule has 0 aliphatic heterocycles. The van der Waals surface area contributed by atoms with Crippen LogP contribution in [0.25, 0.3) is 0 Å². The van der Waals surface area contributed by atoms with E-state index in [1.807, 2.05) is 0 Å². The van der Waals surface area contributed by atoms with E-state index in [1.54, 1.807) is 6.26 Å². The number of carboxylic acids is 1. The number of hydrogen-bond donors (Lipinski definition) is 4. The molecule has 0 rings (SSSR count). The number of nitrogens with two attached hydrogens (primary N) is 2. The van der Waals surface area contributed by atoms with Crippen molar-refractivity contribution in [2.45, 2.75) is 25.5 Å². The van der Waals surface area contributed by atoms with Crippen molar-refractivity contribution in [1.29, 1.82) is 0 Å². The van der Waals surface area contributed by atoms with Crippen molar-refractivity contribution < 1.29 is 15.0 Å². The Balaban J connectivity index is 0. The average molecular weight is 224 g/mol. The Hall–Kier alpha value is -0.300. The lowest BCUT2D eigenvalue weighted by molar-refractivity contribution is -0.140. The summed E-state index contributed by atoms with van der Waals surface area (Å²) in [5.74, 6) is -0.811. The largest absolute Gasteiger partial charge is 0.480 e. The fourth-order valence-corrected chi connectivity index (χ4v) is 0.988. The molecule has 0 heterocycles. The van der Waals surface area contributed by atoms with Gasteiger partial charge in [-0.3, -0.25) is 4.79 Å². The number of aliphatic hydroxyl groups excluding tert-OH is 1. The highest BCUT2D eigenvalue weighted by molar-refractivity contribution is 7.98. The zero-order chi connectivity index (χ0) is 11.6. The Kier molecular flexibility index (Phi) is 12.4. The van der Waals surface area contributed by atoms with E-state index in [-0.39, 0.29) is 0 Å². The van der Waals surface area contributed by atoms with Crippen LogP contribution in [0.5, 0.6) is 0 Å². The second-order valence-corrected chi connectivity index (χ2v) is 3.59. The molecule has 0 aromatic carbocycles. The van der Waals surface area contributed by atoms with Gasteiger partial charge in [-0.2, -0.15) is 11.8 Å². The first-order valence-electron chi connectivity index (χ1n) is 4.36. The van der Waals surface area contributed by atoms with Gasteiger partial charge in [-0.15, -0.1) is 0 Å². The van der Waals surface area contributed by atoms with Crippen LogP contribution in [0.15, 0.2) is 0 Å². The molecular formula is C8H20N2O3S. The summed E-state index contributed by atoms with van der Waals surface area (Å²) < 4.78 is 0. The highest BCUT2D eigenvalue weighted by Crippen LogP contribution is 1.99. The molecule has 1 unspecified atom stereocenters. The fourth-order valence-electron chi connectivity index (χ4n) is 0.439. The molecular weight excluding hydrogens is 204 g/mol. The van der Waals surface area contributed by atoms with Crippen molar-refractivity contribution in [3.63, 3.8) is 0 Å². The fraction of sp³-hybridized carbons (Fsp3) is 0.875. The van der Waals surface area contributed by atoms with Crippen molar-refractivity contribution >= 4 is 17.7 Å². The molecule has 0 saturated heterocycles. The molecule has 2 atom stereocenters. The van der Waals surface area contributed by atoms with Gasteiger partial charge in [-0.25, -0.2) is 0 Å². The van der Waals surface area contributed by atoms with Crippen LogP contribution in [0.4, 0.5) is 0 Å². The van der Waals surface area contributed by atoms with Gasteiger partial charge in [0, 0.05) is 5.75 Å². The predicted molar refractivity (Wildman–Crippen MR) is 59.3 cm³/mol. The zero-order valence-corrected chi connectivity index (χ0v) is 9.46. The first kappa shape index (κ1) is 16.1. The van der Waals surface area contributed by atoms with Crippen LogP contribution in [0, 0.1) is 0 Å². The summed E-state index contributed by atoms with van der Waals surface area (Å²) in [5.41, 5.74) is 10.1. The maximum Gasteiger partial charge on any atom is 0.323 e. The van der Waals surface area contributed by atoms with Gasteiger partial charge in [0.2, 0.25) is 0 Å². The molecule has 86 valence electrons. The molecule has 0 aromatic heterocycles. The molecule has 6 heteroatoms. The minimum absolute atomic E-state index is 0.355. The summed E-state index contributed by atoms with van der Waals surface area (Å²) in [7, 11) is 0. The van der Waals surface area contributed by atoms with E-state index in [0.29, 0.717) is 5.75 Å². The Morgan fingerprint density at radius 1 is 1.57 bits per heavy atom. The third kappa shape index (κ3) is 9.79. The molecule has 0 spiro atoms. The summed E-state index contributed by atoms with van der Waals surface area (Å²) in [6, 6.07) is -1.16. The molecule has 14 heavy (non-hydrogen) atoms. The lowest BCUT2D eigenvalue weighted by atomic mass is 10.2. The van der Waals surface area contributed by atoms with Gasteiger partial charge in [0.15, 0.2) is 0 Å². The molecule has 0 saturated carbocycles. The van der Waals surface area contributed by atoms with E-state index >= 15 is 0 Å². The third-order valence-electron chi connectivity index (χ3n) is 1.33. The minimum Gasteiger partial charge on any atom is -0.480 e. The standard InChI is InChI=1S/C5H11NO3S.C3H9N/c1-10-2-3(7)4(6)5(8)9;1-2-3-4/h3-4,7H,2,6H2,1H3,(H,8,9);2-4H2,1H3/t3?,4-;/m0./s1. The quantitative estimate of drug-likeness (QED) is 0.500. The highest BCUT2D eigenvalue weighted by atomic mass is 32.2. The Labute approximate surface area is 88.9 Å². The maximum atomic E-state index is 10.1. The molecule has 0 fully saturated rings. The zero-order valence-electron chi connectivity index (χ0n) is 8.64. The highest BCUT2D eigenvalue weighted by Gasteiger charge is 2.20. The Morgan fingerprint density at radius 2 is 2.00 bits per heavy atom. The van der Waals surface area contributed by atoms with Gasteiger partial charge < -0.3 is 21.7 Å². The molecule has 0 aromatic rings. The van der Waals surface area contributed by atoms with Crippen molar-refractivity contribution in [2.24, 2.45) is 11.5 Å².